The van der Waals surface area contributed by atoms with Gasteiger partial charge in [-0.2, -0.15) is 4.98 Å². The molecule has 2 atom stereocenters. The van der Waals surface area contributed by atoms with Crippen molar-refractivity contribution < 1.29 is 9.26 Å². The number of ether oxygens (including phenoxy) is 1. The number of aromatic nitrogens is 2. The van der Waals surface area contributed by atoms with Gasteiger partial charge >= 0.3 is 0 Å². The molecular formula is C18H26N4O2. The van der Waals surface area contributed by atoms with Crippen molar-refractivity contribution in [1.82, 2.24) is 19.9 Å². The van der Waals surface area contributed by atoms with Crippen LogP contribution in [0.1, 0.15) is 25.8 Å². The molecule has 1 aliphatic heterocycles. The van der Waals surface area contributed by atoms with Crippen LogP contribution in [0.2, 0.25) is 0 Å². The second-order valence-electron chi connectivity index (χ2n) is 6.37. The lowest BCUT2D eigenvalue weighted by Gasteiger charge is -2.41. The van der Waals surface area contributed by atoms with Gasteiger partial charge in [0.15, 0.2) is 0 Å². The molecule has 0 saturated carbocycles. The number of benzene rings is 1. The molecular weight excluding hydrogens is 304 g/mol. The average Bonchev–Trinajstić information content (AvgIpc) is 3.11. The topological polar surface area (TPSA) is 54.6 Å². The molecule has 0 N–H and O–H groups in total. The van der Waals surface area contributed by atoms with Crippen LogP contribution in [-0.2, 0) is 4.74 Å². The molecule has 0 spiro atoms. The van der Waals surface area contributed by atoms with E-state index in [9.17, 15) is 0 Å². The molecule has 0 aliphatic carbocycles. The third-order valence-electron chi connectivity index (χ3n) is 4.76. The molecule has 0 amide bonds. The highest BCUT2D eigenvalue weighted by molar-refractivity contribution is 5.53. The predicted molar refractivity (Wildman–Crippen MR) is 92.6 cm³/mol. The normalized spacial score (nSPS) is 21.0. The fraction of sp³-hybridized carbons (Fsp3) is 0.556. The lowest BCUT2D eigenvalue weighted by molar-refractivity contribution is 0.0349. The van der Waals surface area contributed by atoms with Gasteiger partial charge in [-0.25, -0.2) is 0 Å². The summed E-state index contributed by atoms with van der Waals surface area (Å²) in [5, 5.41) is 4.14. The average molecular weight is 330 g/mol. The molecule has 6 heteroatoms. The summed E-state index contributed by atoms with van der Waals surface area (Å²) >= 11 is 0. The zero-order valence-electron chi connectivity index (χ0n) is 14.7. The first kappa shape index (κ1) is 17.1. The van der Waals surface area contributed by atoms with Gasteiger partial charge in [-0.3, -0.25) is 9.80 Å². The third-order valence-corrected chi connectivity index (χ3v) is 4.76. The molecule has 1 aromatic carbocycles. The molecule has 6 nitrogen and oxygen atoms in total. The molecule has 1 fully saturated rings. The van der Waals surface area contributed by atoms with Crippen molar-refractivity contribution in [2.24, 2.45) is 0 Å². The first-order valence-corrected chi connectivity index (χ1v) is 8.55. The molecule has 2 heterocycles. The largest absolute Gasteiger partial charge is 0.383 e. The summed E-state index contributed by atoms with van der Waals surface area (Å²) in [7, 11) is 1.75. The van der Waals surface area contributed by atoms with E-state index in [0.29, 0.717) is 17.8 Å². The summed E-state index contributed by atoms with van der Waals surface area (Å²) in [5.41, 5.74) is 0.984. The molecule has 0 bridgehead atoms. The van der Waals surface area contributed by atoms with Crippen LogP contribution in [0.3, 0.4) is 0 Å². The van der Waals surface area contributed by atoms with Gasteiger partial charge in [0.2, 0.25) is 11.7 Å². The highest BCUT2D eigenvalue weighted by Crippen LogP contribution is 2.24. The van der Waals surface area contributed by atoms with Gasteiger partial charge in [0.05, 0.1) is 12.6 Å². The van der Waals surface area contributed by atoms with Crippen molar-refractivity contribution in [2.75, 3.05) is 39.9 Å². The Hall–Kier alpha value is -1.76. The number of methoxy groups -OCH3 is 1. The van der Waals surface area contributed by atoms with Crippen LogP contribution in [0, 0.1) is 0 Å². The van der Waals surface area contributed by atoms with Gasteiger partial charge in [-0.05, 0) is 13.8 Å². The SMILES string of the molecule is COCCN1CCN([C@H](C)c2nc(-c3ccccc3)no2)C[C@H]1C. The van der Waals surface area contributed by atoms with Gasteiger partial charge in [0.25, 0.3) is 0 Å². The lowest BCUT2D eigenvalue weighted by atomic mass is 10.1. The van der Waals surface area contributed by atoms with Crippen molar-refractivity contribution in [1.29, 1.82) is 0 Å². The van der Waals surface area contributed by atoms with Gasteiger partial charge < -0.3 is 9.26 Å². The number of rotatable bonds is 6. The fourth-order valence-corrected chi connectivity index (χ4v) is 3.18. The van der Waals surface area contributed by atoms with Crippen molar-refractivity contribution in [2.45, 2.75) is 25.9 Å². The molecule has 1 aliphatic rings. The van der Waals surface area contributed by atoms with Gasteiger partial charge in [0.1, 0.15) is 0 Å². The molecule has 1 saturated heterocycles. The Morgan fingerprint density at radius 2 is 2.08 bits per heavy atom. The van der Waals surface area contributed by atoms with E-state index < -0.39 is 0 Å². The van der Waals surface area contributed by atoms with E-state index in [0.717, 1.165) is 38.3 Å². The zero-order valence-corrected chi connectivity index (χ0v) is 14.7. The minimum absolute atomic E-state index is 0.127. The Kier molecular flexibility index (Phi) is 5.60. The monoisotopic (exact) mass is 330 g/mol. The summed E-state index contributed by atoms with van der Waals surface area (Å²) < 4.78 is 10.7. The van der Waals surface area contributed by atoms with Crippen molar-refractivity contribution >= 4 is 0 Å². The Morgan fingerprint density at radius 3 is 2.79 bits per heavy atom. The Bertz CT molecular complexity index is 631. The summed E-state index contributed by atoms with van der Waals surface area (Å²) in [6.07, 6.45) is 0. The van der Waals surface area contributed by atoms with Crippen LogP contribution in [0.4, 0.5) is 0 Å². The molecule has 3 rings (SSSR count). The molecule has 1 aromatic heterocycles. The molecule has 24 heavy (non-hydrogen) atoms. The predicted octanol–water partition coefficient (Wildman–Crippen LogP) is 2.45. The summed E-state index contributed by atoms with van der Waals surface area (Å²) in [5.74, 6) is 1.34. The van der Waals surface area contributed by atoms with E-state index in [-0.39, 0.29) is 6.04 Å². The zero-order chi connectivity index (χ0) is 16.9. The molecule has 0 radical (unpaired) electrons. The number of piperazine rings is 1. The van der Waals surface area contributed by atoms with Crippen molar-refractivity contribution in [3.8, 4) is 11.4 Å². The fourth-order valence-electron chi connectivity index (χ4n) is 3.18. The van der Waals surface area contributed by atoms with E-state index in [4.69, 9.17) is 9.26 Å². The first-order valence-electron chi connectivity index (χ1n) is 8.55. The minimum Gasteiger partial charge on any atom is -0.383 e. The molecule has 2 aromatic rings. The number of nitrogens with zero attached hydrogens (tertiary/aromatic N) is 4. The quantitative estimate of drug-likeness (QED) is 0.811. The summed E-state index contributed by atoms with van der Waals surface area (Å²) in [6.45, 7) is 9.20. The van der Waals surface area contributed by atoms with Crippen LogP contribution >= 0.6 is 0 Å². The summed E-state index contributed by atoms with van der Waals surface area (Å²) in [6, 6.07) is 10.6. The number of hydrogen-bond donors (Lipinski definition) is 0. The van der Waals surface area contributed by atoms with Crippen LogP contribution in [0.25, 0.3) is 11.4 Å². The number of hydrogen-bond acceptors (Lipinski definition) is 6. The Morgan fingerprint density at radius 1 is 1.29 bits per heavy atom. The minimum atomic E-state index is 0.127. The first-order chi connectivity index (χ1) is 11.7. The van der Waals surface area contributed by atoms with E-state index in [1.807, 2.05) is 30.3 Å². The van der Waals surface area contributed by atoms with Crippen LogP contribution in [0.5, 0.6) is 0 Å². The third kappa shape index (κ3) is 3.83. The van der Waals surface area contributed by atoms with E-state index in [1.54, 1.807) is 7.11 Å². The van der Waals surface area contributed by atoms with Crippen molar-refractivity contribution in [3.05, 3.63) is 36.2 Å². The van der Waals surface area contributed by atoms with Crippen LogP contribution < -0.4 is 0 Å². The van der Waals surface area contributed by atoms with Gasteiger partial charge in [0, 0.05) is 44.9 Å². The van der Waals surface area contributed by atoms with Crippen LogP contribution in [0.15, 0.2) is 34.9 Å². The maximum atomic E-state index is 5.52. The van der Waals surface area contributed by atoms with Crippen molar-refractivity contribution in [3.63, 3.8) is 0 Å². The van der Waals surface area contributed by atoms with E-state index in [1.165, 1.54) is 0 Å². The van der Waals surface area contributed by atoms with Gasteiger partial charge in [-0.1, -0.05) is 35.5 Å². The van der Waals surface area contributed by atoms with Gasteiger partial charge in [-0.15, -0.1) is 0 Å². The second kappa shape index (κ2) is 7.88. The van der Waals surface area contributed by atoms with Crippen LogP contribution in [-0.4, -0.2) is 65.9 Å². The highest BCUT2D eigenvalue weighted by Gasteiger charge is 2.29. The maximum absolute atomic E-state index is 5.52. The Balaban J connectivity index is 1.63. The summed E-state index contributed by atoms with van der Waals surface area (Å²) in [4.78, 5) is 9.48. The van der Waals surface area contributed by atoms with E-state index >= 15 is 0 Å². The standard InChI is InChI=1S/C18H26N4O2/c1-14-13-22(10-9-21(14)11-12-23-3)15(2)18-19-17(20-24-18)16-7-5-4-6-8-16/h4-8,14-15H,9-13H2,1-3H3/t14-,15-/m1/s1. The maximum Gasteiger partial charge on any atom is 0.244 e. The Labute approximate surface area is 143 Å². The molecule has 130 valence electrons. The second-order valence-corrected chi connectivity index (χ2v) is 6.37. The smallest absolute Gasteiger partial charge is 0.244 e. The molecule has 0 unspecified atom stereocenters. The van der Waals surface area contributed by atoms with E-state index in [2.05, 4.69) is 33.8 Å². The highest BCUT2D eigenvalue weighted by atomic mass is 16.5. The lowest BCUT2D eigenvalue weighted by Crippen LogP contribution is -2.53.